The first-order valence-corrected chi connectivity index (χ1v) is 8.74. The molecule has 0 spiro atoms. The fourth-order valence-electron chi connectivity index (χ4n) is 2.84. The summed E-state index contributed by atoms with van der Waals surface area (Å²) < 4.78 is 8.79. The Morgan fingerprint density at radius 1 is 1.14 bits per heavy atom. The smallest absolute Gasteiger partial charge is 0.295 e. The lowest BCUT2D eigenvalue weighted by molar-refractivity contribution is -0.122. The van der Waals surface area contributed by atoms with Crippen LogP contribution in [0.4, 0.5) is 5.69 Å². The summed E-state index contributed by atoms with van der Waals surface area (Å²) >= 11 is 0. The molecule has 2 aromatic carbocycles. The molecular weight excluding hydrogens is 356 g/mol. The first-order chi connectivity index (χ1) is 13.4. The SMILES string of the molecule is Cc1c(NC(=O)C(C)Oc2ccccc2C#N)c(=O)n(-c2ccccc2)n1C. The molecule has 1 atom stereocenters. The molecule has 0 aliphatic carbocycles. The number of nitrogens with one attached hydrogen (secondary N) is 1. The quantitative estimate of drug-likeness (QED) is 0.741. The molecule has 1 N–H and O–H groups in total. The Bertz CT molecular complexity index is 1110. The number of hydrogen-bond acceptors (Lipinski definition) is 4. The van der Waals surface area contributed by atoms with Crippen LogP contribution in [0.1, 0.15) is 18.2 Å². The van der Waals surface area contributed by atoms with E-state index in [-0.39, 0.29) is 11.2 Å². The van der Waals surface area contributed by atoms with Crippen LogP contribution in [0.15, 0.2) is 59.4 Å². The molecule has 3 rings (SSSR count). The van der Waals surface area contributed by atoms with Crippen molar-refractivity contribution in [1.82, 2.24) is 9.36 Å². The van der Waals surface area contributed by atoms with Gasteiger partial charge >= 0.3 is 0 Å². The molecule has 0 saturated carbocycles. The first kappa shape index (κ1) is 19.0. The molecule has 0 fully saturated rings. The van der Waals surface area contributed by atoms with Gasteiger partial charge < -0.3 is 10.1 Å². The van der Waals surface area contributed by atoms with E-state index in [1.807, 2.05) is 36.4 Å². The molecule has 1 amide bonds. The molecule has 28 heavy (non-hydrogen) atoms. The van der Waals surface area contributed by atoms with Gasteiger partial charge in [-0.05, 0) is 38.1 Å². The van der Waals surface area contributed by atoms with Gasteiger partial charge in [0, 0.05) is 7.05 Å². The molecule has 142 valence electrons. The number of nitrogens with zero attached hydrogens (tertiary/aromatic N) is 3. The number of benzene rings is 2. The number of anilines is 1. The van der Waals surface area contributed by atoms with Crippen molar-refractivity contribution in [3.05, 3.63) is 76.2 Å². The topological polar surface area (TPSA) is 89.1 Å². The zero-order chi connectivity index (χ0) is 20.3. The van der Waals surface area contributed by atoms with Crippen molar-refractivity contribution in [2.24, 2.45) is 7.05 Å². The second-order valence-electron chi connectivity index (χ2n) is 6.29. The van der Waals surface area contributed by atoms with Crippen LogP contribution in [-0.4, -0.2) is 21.4 Å². The van der Waals surface area contributed by atoms with E-state index >= 15 is 0 Å². The summed E-state index contributed by atoms with van der Waals surface area (Å²) in [6.07, 6.45) is -0.890. The Morgan fingerprint density at radius 3 is 2.46 bits per heavy atom. The highest BCUT2D eigenvalue weighted by molar-refractivity contribution is 5.94. The van der Waals surface area contributed by atoms with Gasteiger partial charge in [0.2, 0.25) is 0 Å². The van der Waals surface area contributed by atoms with E-state index in [4.69, 9.17) is 10.00 Å². The minimum atomic E-state index is -0.890. The third kappa shape index (κ3) is 3.53. The van der Waals surface area contributed by atoms with Gasteiger partial charge in [-0.15, -0.1) is 0 Å². The van der Waals surface area contributed by atoms with Gasteiger partial charge in [0.1, 0.15) is 17.5 Å². The lowest BCUT2D eigenvalue weighted by atomic mass is 10.2. The number of carbonyl (C=O) groups is 1. The number of ether oxygens (including phenoxy) is 1. The molecule has 3 aromatic rings. The van der Waals surface area contributed by atoms with Crippen molar-refractivity contribution in [1.29, 1.82) is 5.26 Å². The summed E-state index contributed by atoms with van der Waals surface area (Å²) in [5, 5.41) is 11.8. The van der Waals surface area contributed by atoms with E-state index < -0.39 is 12.0 Å². The van der Waals surface area contributed by atoms with Crippen LogP contribution >= 0.6 is 0 Å². The predicted octanol–water partition coefficient (Wildman–Crippen LogP) is 2.76. The maximum absolute atomic E-state index is 12.9. The van der Waals surface area contributed by atoms with Crippen LogP contribution in [0.25, 0.3) is 5.69 Å². The summed E-state index contributed by atoms with van der Waals surface area (Å²) in [5.74, 6) is -0.155. The Balaban J connectivity index is 1.85. The Kier molecular flexibility index (Phi) is 5.32. The van der Waals surface area contributed by atoms with Crippen LogP contribution in [0.3, 0.4) is 0 Å². The zero-order valence-corrected chi connectivity index (χ0v) is 15.8. The number of rotatable bonds is 5. The number of amides is 1. The minimum Gasteiger partial charge on any atom is -0.480 e. The van der Waals surface area contributed by atoms with Crippen molar-refractivity contribution >= 4 is 11.6 Å². The van der Waals surface area contributed by atoms with Crippen LogP contribution < -0.4 is 15.6 Å². The lowest BCUT2D eigenvalue weighted by Gasteiger charge is -2.15. The van der Waals surface area contributed by atoms with Crippen molar-refractivity contribution < 1.29 is 9.53 Å². The van der Waals surface area contributed by atoms with E-state index in [0.717, 1.165) is 0 Å². The number of hydrogen-bond donors (Lipinski definition) is 1. The molecule has 0 aliphatic rings. The summed E-state index contributed by atoms with van der Waals surface area (Å²) in [6, 6.07) is 17.9. The second-order valence-corrected chi connectivity index (χ2v) is 6.29. The molecule has 7 heteroatoms. The van der Waals surface area contributed by atoms with Crippen LogP contribution in [-0.2, 0) is 11.8 Å². The monoisotopic (exact) mass is 376 g/mol. The minimum absolute atomic E-state index is 0.195. The summed E-state index contributed by atoms with van der Waals surface area (Å²) in [4.78, 5) is 25.5. The number of carbonyl (C=O) groups excluding carboxylic acids is 1. The maximum Gasteiger partial charge on any atom is 0.295 e. The predicted molar refractivity (Wildman–Crippen MR) is 106 cm³/mol. The summed E-state index contributed by atoms with van der Waals surface area (Å²) in [6.45, 7) is 3.32. The van der Waals surface area contributed by atoms with Gasteiger partial charge in [-0.2, -0.15) is 5.26 Å². The van der Waals surface area contributed by atoms with Gasteiger partial charge in [-0.25, -0.2) is 4.68 Å². The molecule has 1 aromatic heterocycles. The molecular formula is C21H20N4O3. The molecule has 0 aliphatic heterocycles. The van der Waals surface area contributed by atoms with E-state index in [1.54, 1.807) is 49.8 Å². The van der Waals surface area contributed by atoms with Crippen molar-refractivity contribution in [2.45, 2.75) is 20.0 Å². The highest BCUT2D eigenvalue weighted by Gasteiger charge is 2.22. The lowest BCUT2D eigenvalue weighted by Crippen LogP contribution is -2.32. The molecule has 0 bridgehead atoms. The van der Waals surface area contributed by atoms with Crippen molar-refractivity contribution in [3.63, 3.8) is 0 Å². The highest BCUT2D eigenvalue weighted by Crippen LogP contribution is 2.19. The van der Waals surface area contributed by atoms with Gasteiger partial charge in [0.25, 0.3) is 11.5 Å². The summed E-state index contributed by atoms with van der Waals surface area (Å²) in [5.41, 5.74) is 1.52. The average Bonchev–Trinajstić information content (AvgIpc) is 2.92. The van der Waals surface area contributed by atoms with Crippen LogP contribution in [0.2, 0.25) is 0 Å². The Labute approximate surface area is 162 Å². The van der Waals surface area contributed by atoms with E-state index in [9.17, 15) is 9.59 Å². The molecule has 0 saturated heterocycles. The van der Waals surface area contributed by atoms with Crippen LogP contribution in [0, 0.1) is 18.3 Å². The summed E-state index contributed by atoms with van der Waals surface area (Å²) in [7, 11) is 1.75. The highest BCUT2D eigenvalue weighted by atomic mass is 16.5. The largest absolute Gasteiger partial charge is 0.480 e. The van der Waals surface area contributed by atoms with Gasteiger partial charge in [0.15, 0.2) is 6.10 Å². The van der Waals surface area contributed by atoms with Gasteiger partial charge in [-0.3, -0.25) is 14.3 Å². The third-order valence-corrected chi connectivity index (χ3v) is 4.48. The van der Waals surface area contributed by atoms with Crippen molar-refractivity contribution in [3.8, 4) is 17.5 Å². The van der Waals surface area contributed by atoms with E-state index in [2.05, 4.69) is 5.32 Å². The Morgan fingerprint density at radius 2 is 1.79 bits per heavy atom. The van der Waals surface area contributed by atoms with E-state index in [1.165, 1.54) is 4.68 Å². The van der Waals surface area contributed by atoms with Crippen LogP contribution in [0.5, 0.6) is 5.75 Å². The van der Waals surface area contributed by atoms with E-state index in [0.29, 0.717) is 22.7 Å². The van der Waals surface area contributed by atoms with Gasteiger partial charge in [-0.1, -0.05) is 30.3 Å². The fourth-order valence-corrected chi connectivity index (χ4v) is 2.84. The maximum atomic E-state index is 12.9. The fraction of sp³-hybridized carbons (Fsp3) is 0.190. The third-order valence-electron chi connectivity index (χ3n) is 4.48. The number of aromatic nitrogens is 2. The van der Waals surface area contributed by atoms with Crippen molar-refractivity contribution in [2.75, 3.05) is 5.32 Å². The Hall–Kier alpha value is -3.79. The zero-order valence-electron chi connectivity index (χ0n) is 15.8. The normalized spacial score (nSPS) is 11.5. The van der Waals surface area contributed by atoms with Gasteiger partial charge in [0.05, 0.1) is 16.9 Å². The average molecular weight is 376 g/mol. The molecule has 1 unspecified atom stereocenters. The first-order valence-electron chi connectivity index (χ1n) is 8.74. The molecule has 1 heterocycles. The second kappa shape index (κ2) is 7.84. The number of nitriles is 1. The molecule has 0 radical (unpaired) electrons. The standard InChI is InChI=1S/C21H20N4O3/c1-14-19(21(27)25(24(14)3)17-10-5-4-6-11-17)23-20(26)15(2)28-18-12-8-7-9-16(18)13-22/h4-12,15H,1-3H3,(H,23,26). The molecule has 7 nitrogen and oxygen atoms in total. The number of para-hydroxylation sites is 2.